The first-order valence-corrected chi connectivity index (χ1v) is 19.0. The van der Waals surface area contributed by atoms with E-state index in [4.69, 9.17) is 20.9 Å². The smallest absolute Gasteiger partial charge is 0.127 e. The number of nitrogens with two attached hydrogens (primary N) is 2. The minimum atomic E-state index is -0.0552. The summed E-state index contributed by atoms with van der Waals surface area (Å²) in [6, 6.07) is 33.2. The number of rotatable bonds is 7. The van der Waals surface area contributed by atoms with Gasteiger partial charge in [-0.1, -0.05) is 51.5 Å². The van der Waals surface area contributed by atoms with Gasteiger partial charge in [0.05, 0.1) is 0 Å². The first-order chi connectivity index (χ1) is 23.7. The summed E-state index contributed by atoms with van der Waals surface area (Å²) in [6.45, 7) is 7.83. The second kappa shape index (κ2) is 12.4. The van der Waals surface area contributed by atoms with Gasteiger partial charge >= 0.3 is 0 Å². The van der Waals surface area contributed by atoms with Crippen LogP contribution in [0.1, 0.15) is 96.1 Å². The van der Waals surface area contributed by atoms with Gasteiger partial charge in [0.15, 0.2) is 0 Å². The first-order valence-electron chi connectivity index (χ1n) is 19.0. The van der Waals surface area contributed by atoms with Gasteiger partial charge in [-0.05, 0) is 182 Å². The predicted molar refractivity (Wildman–Crippen MR) is 201 cm³/mol. The van der Waals surface area contributed by atoms with Crippen LogP contribution < -0.4 is 20.9 Å². The Morgan fingerprint density at radius 2 is 1.04 bits per heavy atom. The van der Waals surface area contributed by atoms with Crippen LogP contribution in [0, 0.1) is 40.4 Å². The maximum atomic E-state index is 6.23. The highest BCUT2D eigenvalue weighted by Gasteiger charge is 2.61. The van der Waals surface area contributed by atoms with E-state index in [0.717, 1.165) is 58.0 Å². The quantitative estimate of drug-likeness (QED) is 0.195. The minimum absolute atomic E-state index is 0.0552. The number of nitrogen functional groups attached to an aromatic ring is 2. The molecule has 4 saturated carbocycles. The molecular weight excluding hydrogens is 601 g/mol. The van der Waals surface area contributed by atoms with E-state index in [0.29, 0.717) is 16.7 Å². The Kier molecular flexibility index (Phi) is 8.20. The van der Waals surface area contributed by atoms with Crippen molar-refractivity contribution in [2.75, 3.05) is 11.5 Å². The molecule has 4 aliphatic carbocycles. The molecule has 7 atom stereocenters. The van der Waals surface area contributed by atoms with E-state index < -0.39 is 0 Å². The fraction of sp³-hybridized carbons (Fsp3) is 0.467. The molecule has 0 amide bonds. The third kappa shape index (κ3) is 5.60. The van der Waals surface area contributed by atoms with Crippen molar-refractivity contribution >= 4 is 11.4 Å². The second-order valence-corrected chi connectivity index (χ2v) is 16.6. The zero-order valence-corrected chi connectivity index (χ0v) is 29.7. The van der Waals surface area contributed by atoms with Crippen LogP contribution in [0.25, 0.3) is 0 Å². The highest BCUT2D eigenvalue weighted by Crippen LogP contribution is 2.69. The van der Waals surface area contributed by atoms with Gasteiger partial charge in [0.2, 0.25) is 0 Å². The predicted octanol–water partition coefficient (Wildman–Crippen LogP) is 11.8. The molecule has 4 N–H and O–H groups in total. The van der Waals surface area contributed by atoms with E-state index in [1.54, 1.807) is 0 Å². The molecule has 4 aromatic carbocycles. The lowest BCUT2D eigenvalue weighted by Crippen LogP contribution is -2.55. The monoisotopic (exact) mass is 654 g/mol. The Balaban J connectivity index is 1.10. The lowest BCUT2D eigenvalue weighted by atomic mass is 9.42. The molecule has 4 aliphatic rings. The van der Waals surface area contributed by atoms with Crippen molar-refractivity contribution in [2.45, 2.75) is 90.4 Å². The van der Waals surface area contributed by atoms with E-state index >= 15 is 0 Å². The van der Waals surface area contributed by atoms with Gasteiger partial charge < -0.3 is 20.9 Å². The Morgan fingerprint density at radius 1 is 0.551 bits per heavy atom. The Hall–Kier alpha value is -3.92. The number of ether oxygens (including phenoxy) is 2. The average molecular weight is 655 g/mol. The van der Waals surface area contributed by atoms with Crippen LogP contribution in [0.3, 0.4) is 0 Å². The van der Waals surface area contributed by atoms with Crippen molar-refractivity contribution in [2.24, 2.45) is 40.4 Å². The van der Waals surface area contributed by atoms with Gasteiger partial charge in [-0.2, -0.15) is 0 Å². The van der Waals surface area contributed by atoms with Crippen molar-refractivity contribution < 1.29 is 9.47 Å². The van der Waals surface area contributed by atoms with E-state index in [2.05, 4.69) is 69.3 Å². The molecule has 0 aromatic heterocycles. The molecule has 0 heterocycles. The molecule has 4 nitrogen and oxygen atoms in total. The number of anilines is 2. The van der Waals surface area contributed by atoms with E-state index in [1.807, 2.05) is 48.5 Å². The molecule has 256 valence electrons. The maximum absolute atomic E-state index is 6.23. The van der Waals surface area contributed by atoms with E-state index in [-0.39, 0.29) is 5.41 Å². The van der Waals surface area contributed by atoms with Gasteiger partial charge in [-0.15, -0.1) is 0 Å². The zero-order chi connectivity index (χ0) is 33.8. The Labute approximate surface area is 293 Å². The van der Waals surface area contributed by atoms with Crippen LogP contribution in [0.4, 0.5) is 11.4 Å². The van der Waals surface area contributed by atoms with Crippen molar-refractivity contribution in [1.82, 2.24) is 0 Å². The van der Waals surface area contributed by atoms with Gasteiger partial charge in [0, 0.05) is 16.8 Å². The molecule has 4 heteroatoms. The number of hydrogen-bond donors (Lipinski definition) is 2. The maximum Gasteiger partial charge on any atom is 0.127 e. The summed E-state index contributed by atoms with van der Waals surface area (Å²) in [5.74, 6) is 7.66. The standard InChI is InChI=1S/C45H54N2O2/c1-4-30-10-24-41-40-23-9-33-29-45(28-27-44(33,3)42(40)25-26-43(30,41)2,31-5-15-36(16-6-31)48-38-19-11-34(46)12-20-38)32-7-17-37(18-8-32)49-39-21-13-35(47)14-22-39/h5-8,11-22,30,33,40-42H,4,9-10,23-29,46-47H2,1-3H3. The topological polar surface area (TPSA) is 70.5 Å². The molecule has 0 bridgehead atoms. The van der Waals surface area contributed by atoms with Gasteiger partial charge in [-0.3, -0.25) is 0 Å². The van der Waals surface area contributed by atoms with Crippen LogP contribution in [0.15, 0.2) is 97.1 Å². The third-order valence-electron chi connectivity index (χ3n) is 14.5. The Bertz CT molecular complexity index is 1660. The van der Waals surface area contributed by atoms with Gasteiger partial charge in [-0.25, -0.2) is 0 Å². The molecular formula is C45H54N2O2. The van der Waals surface area contributed by atoms with Crippen LogP contribution in [0.2, 0.25) is 0 Å². The van der Waals surface area contributed by atoms with Crippen LogP contribution in [-0.4, -0.2) is 0 Å². The molecule has 49 heavy (non-hydrogen) atoms. The summed E-state index contributed by atoms with van der Waals surface area (Å²) < 4.78 is 12.5. The van der Waals surface area contributed by atoms with E-state index in [1.165, 1.54) is 75.3 Å². The van der Waals surface area contributed by atoms with Crippen molar-refractivity contribution in [3.63, 3.8) is 0 Å². The fourth-order valence-corrected chi connectivity index (χ4v) is 11.8. The lowest BCUT2D eigenvalue weighted by Gasteiger charge is -2.63. The van der Waals surface area contributed by atoms with Gasteiger partial charge in [0.1, 0.15) is 23.0 Å². The van der Waals surface area contributed by atoms with Crippen molar-refractivity contribution in [1.29, 1.82) is 0 Å². The summed E-state index contributed by atoms with van der Waals surface area (Å²) in [4.78, 5) is 0. The number of fused-ring (bicyclic) bond motifs is 5. The highest BCUT2D eigenvalue weighted by atomic mass is 16.5. The van der Waals surface area contributed by atoms with Crippen molar-refractivity contribution in [3.05, 3.63) is 108 Å². The summed E-state index contributed by atoms with van der Waals surface area (Å²) in [5, 5.41) is 0. The number of benzene rings is 4. The van der Waals surface area contributed by atoms with Crippen molar-refractivity contribution in [3.8, 4) is 23.0 Å². The average Bonchev–Trinajstić information content (AvgIpc) is 3.47. The van der Waals surface area contributed by atoms with Crippen LogP contribution in [-0.2, 0) is 5.41 Å². The highest BCUT2D eigenvalue weighted by molar-refractivity contribution is 5.48. The number of hydrogen-bond acceptors (Lipinski definition) is 4. The SMILES string of the molecule is CCC1CCC2C3CCC4CC(c5ccc(Oc6ccc(N)cc6)cc5)(c5ccc(Oc6ccc(N)cc6)cc5)CCC4(C)C3CCC12C. The normalized spacial score (nSPS) is 31.6. The molecule has 0 aliphatic heterocycles. The Morgan fingerprint density at radius 3 is 1.55 bits per heavy atom. The lowest BCUT2D eigenvalue weighted by molar-refractivity contribution is -0.119. The summed E-state index contributed by atoms with van der Waals surface area (Å²) in [6.07, 6.45) is 13.6. The third-order valence-corrected chi connectivity index (χ3v) is 14.5. The molecule has 0 radical (unpaired) electrons. The minimum Gasteiger partial charge on any atom is -0.457 e. The van der Waals surface area contributed by atoms with Gasteiger partial charge in [0.25, 0.3) is 0 Å². The van der Waals surface area contributed by atoms with Crippen LogP contribution >= 0.6 is 0 Å². The fourth-order valence-electron chi connectivity index (χ4n) is 11.8. The molecule has 4 aromatic rings. The van der Waals surface area contributed by atoms with E-state index in [9.17, 15) is 0 Å². The van der Waals surface area contributed by atoms with Crippen LogP contribution in [0.5, 0.6) is 23.0 Å². The summed E-state index contributed by atoms with van der Waals surface area (Å²) in [7, 11) is 0. The first kappa shape index (κ1) is 32.3. The zero-order valence-electron chi connectivity index (χ0n) is 29.7. The molecule has 8 rings (SSSR count). The summed E-state index contributed by atoms with van der Waals surface area (Å²) in [5.41, 5.74) is 17.0. The molecule has 7 unspecified atom stereocenters. The second-order valence-electron chi connectivity index (χ2n) is 16.6. The molecule has 4 fully saturated rings. The summed E-state index contributed by atoms with van der Waals surface area (Å²) >= 11 is 0. The molecule has 0 spiro atoms. The largest absolute Gasteiger partial charge is 0.457 e. The molecule has 0 saturated heterocycles.